The van der Waals surface area contributed by atoms with Crippen LogP contribution in [0, 0.1) is 5.92 Å². The van der Waals surface area contributed by atoms with Crippen LogP contribution in [0.3, 0.4) is 0 Å². The molecular formula is C17H31F3O4. The molecule has 144 valence electrons. The molecule has 0 bridgehead atoms. The second-order valence-electron chi connectivity index (χ2n) is 6.64. The van der Waals surface area contributed by atoms with E-state index in [-0.39, 0.29) is 17.5 Å². The fourth-order valence-electron chi connectivity index (χ4n) is 1.87. The molecule has 7 heteroatoms. The van der Waals surface area contributed by atoms with Crippen molar-refractivity contribution in [2.75, 3.05) is 0 Å². The predicted molar refractivity (Wildman–Crippen MR) is 86.7 cm³/mol. The smallest absolute Gasteiger partial charge is 0.475 e. The van der Waals surface area contributed by atoms with E-state index in [9.17, 15) is 18.0 Å². The summed E-state index contributed by atoms with van der Waals surface area (Å²) in [6, 6.07) is 0. The molecule has 1 unspecified atom stereocenters. The van der Waals surface area contributed by atoms with Crippen LogP contribution in [-0.4, -0.2) is 28.8 Å². The first-order chi connectivity index (χ1) is 10.8. The summed E-state index contributed by atoms with van der Waals surface area (Å²) in [5.41, 5.74) is -0.354. The van der Waals surface area contributed by atoms with Crippen molar-refractivity contribution < 1.29 is 32.6 Å². The molecule has 0 aromatic rings. The van der Waals surface area contributed by atoms with Gasteiger partial charge in [0, 0.05) is 0 Å². The lowest BCUT2D eigenvalue weighted by Gasteiger charge is -2.23. The molecule has 1 atom stereocenters. The van der Waals surface area contributed by atoms with Crippen molar-refractivity contribution in [1.29, 1.82) is 0 Å². The van der Waals surface area contributed by atoms with Gasteiger partial charge >= 0.3 is 18.1 Å². The quantitative estimate of drug-likeness (QED) is 0.470. The topological polar surface area (TPSA) is 63.6 Å². The zero-order valence-corrected chi connectivity index (χ0v) is 15.3. The Bertz CT molecular complexity index is 360. The number of carboxylic acid groups (broad SMARTS) is 1. The normalized spacial score (nSPS) is 12.8. The van der Waals surface area contributed by atoms with Crippen molar-refractivity contribution >= 4 is 11.9 Å². The van der Waals surface area contributed by atoms with Crippen LogP contribution in [-0.2, 0) is 14.3 Å². The Kier molecular flexibility index (Phi) is 12.6. The zero-order valence-electron chi connectivity index (χ0n) is 15.3. The maximum absolute atomic E-state index is 11.9. The first-order valence-corrected chi connectivity index (χ1v) is 8.38. The van der Waals surface area contributed by atoms with Crippen LogP contribution < -0.4 is 0 Å². The summed E-state index contributed by atoms with van der Waals surface area (Å²) in [5, 5.41) is 7.12. The van der Waals surface area contributed by atoms with E-state index in [4.69, 9.17) is 14.6 Å². The van der Waals surface area contributed by atoms with Crippen LogP contribution in [0.2, 0.25) is 0 Å². The molecule has 0 spiro atoms. The average Bonchev–Trinajstić information content (AvgIpc) is 2.40. The van der Waals surface area contributed by atoms with Crippen molar-refractivity contribution in [1.82, 2.24) is 0 Å². The van der Waals surface area contributed by atoms with Crippen LogP contribution in [0.5, 0.6) is 0 Å². The Labute approximate surface area is 142 Å². The van der Waals surface area contributed by atoms with E-state index in [0.717, 1.165) is 19.3 Å². The zero-order chi connectivity index (χ0) is 19.4. The third kappa shape index (κ3) is 15.6. The first-order valence-electron chi connectivity index (χ1n) is 8.38. The second kappa shape index (κ2) is 12.1. The van der Waals surface area contributed by atoms with Gasteiger partial charge in [-0.25, -0.2) is 4.79 Å². The number of hydrogen-bond acceptors (Lipinski definition) is 3. The number of carboxylic acids is 1. The molecule has 0 aromatic heterocycles. The maximum atomic E-state index is 11.9. The third-order valence-corrected chi connectivity index (χ3v) is 3.13. The SMILES string of the molecule is CCCCCCCC(CC)C(=O)OC(C)(C)C.O=C(O)C(F)(F)F. The van der Waals surface area contributed by atoms with Crippen molar-refractivity contribution in [3.8, 4) is 0 Å². The molecule has 24 heavy (non-hydrogen) atoms. The van der Waals surface area contributed by atoms with Crippen LogP contribution in [0.1, 0.15) is 79.6 Å². The predicted octanol–water partition coefficient (Wildman–Crippen LogP) is 5.35. The van der Waals surface area contributed by atoms with Gasteiger partial charge in [-0.3, -0.25) is 4.79 Å². The third-order valence-electron chi connectivity index (χ3n) is 3.13. The number of carbonyl (C=O) groups excluding carboxylic acids is 1. The minimum atomic E-state index is -5.08. The molecule has 0 aliphatic heterocycles. The average molecular weight is 356 g/mol. The summed E-state index contributed by atoms with van der Waals surface area (Å²) >= 11 is 0. The van der Waals surface area contributed by atoms with Gasteiger partial charge in [0.05, 0.1) is 5.92 Å². The van der Waals surface area contributed by atoms with Gasteiger partial charge in [0.25, 0.3) is 0 Å². The molecule has 0 fully saturated rings. The van der Waals surface area contributed by atoms with Gasteiger partial charge in [-0.2, -0.15) is 13.2 Å². The second-order valence-corrected chi connectivity index (χ2v) is 6.64. The van der Waals surface area contributed by atoms with E-state index >= 15 is 0 Å². The molecule has 0 saturated carbocycles. The Hall–Kier alpha value is -1.27. The van der Waals surface area contributed by atoms with Gasteiger partial charge in [-0.1, -0.05) is 46.0 Å². The van der Waals surface area contributed by atoms with Gasteiger partial charge in [0.2, 0.25) is 0 Å². The lowest BCUT2D eigenvalue weighted by atomic mass is 9.98. The van der Waals surface area contributed by atoms with Gasteiger partial charge in [-0.05, 0) is 33.6 Å². The molecule has 0 amide bonds. The highest BCUT2D eigenvalue weighted by molar-refractivity contribution is 5.73. The fraction of sp³-hybridized carbons (Fsp3) is 0.882. The minimum absolute atomic E-state index is 0.0181. The monoisotopic (exact) mass is 356 g/mol. The fourth-order valence-corrected chi connectivity index (χ4v) is 1.87. The molecule has 0 aliphatic rings. The number of unbranched alkanes of at least 4 members (excludes halogenated alkanes) is 4. The highest BCUT2D eigenvalue weighted by Crippen LogP contribution is 2.19. The van der Waals surface area contributed by atoms with Crippen LogP contribution in [0.25, 0.3) is 0 Å². The molecule has 0 aromatic carbocycles. The van der Waals surface area contributed by atoms with Gasteiger partial charge in [0.15, 0.2) is 0 Å². The highest BCUT2D eigenvalue weighted by Gasteiger charge is 2.38. The lowest BCUT2D eigenvalue weighted by molar-refractivity contribution is -0.192. The van der Waals surface area contributed by atoms with E-state index < -0.39 is 12.1 Å². The van der Waals surface area contributed by atoms with Crippen molar-refractivity contribution in [3.63, 3.8) is 0 Å². The highest BCUT2D eigenvalue weighted by atomic mass is 19.4. The van der Waals surface area contributed by atoms with E-state index in [1.54, 1.807) is 0 Å². The summed E-state index contributed by atoms with van der Waals surface area (Å²) in [5.74, 6) is -2.68. The molecule has 0 saturated heterocycles. The Morgan fingerprint density at radius 1 is 1.00 bits per heavy atom. The first kappa shape index (κ1) is 25.0. The number of carbonyl (C=O) groups is 2. The van der Waals surface area contributed by atoms with E-state index in [1.165, 1.54) is 25.7 Å². The summed E-state index contributed by atoms with van der Waals surface area (Å²) in [4.78, 5) is 20.8. The van der Waals surface area contributed by atoms with Gasteiger partial charge in [0.1, 0.15) is 5.60 Å². The summed E-state index contributed by atoms with van der Waals surface area (Å²) in [6.45, 7) is 10.1. The number of ether oxygens (including phenoxy) is 1. The number of esters is 1. The van der Waals surface area contributed by atoms with Crippen LogP contribution >= 0.6 is 0 Å². The van der Waals surface area contributed by atoms with Crippen LogP contribution in [0.15, 0.2) is 0 Å². The number of aliphatic carboxylic acids is 1. The molecule has 0 aliphatic carbocycles. The Balaban J connectivity index is 0. The summed E-state index contributed by atoms with van der Waals surface area (Å²) < 4.78 is 37.2. The molecule has 1 N–H and O–H groups in total. The standard InChI is InChI=1S/C15H30O2.C2HF3O2/c1-6-8-9-10-11-12-13(7-2)14(16)17-15(3,4)5;3-2(4,5)1(6)7/h13H,6-12H2,1-5H3;(H,6,7). The van der Waals surface area contributed by atoms with Crippen molar-refractivity contribution in [2.24, 2.45) is 5.92 Å². The largest absolute Gasteiger partial charge is 0.490 e. The summed E-state index contributed by atoms with van der Waals surface area (Å²) in [6.07, 6.45) is 3.05. The minimum Gasteiger partial charge on any atom is -0.475 e. The van der Waals surface area contributed by atoms with Crippen LogP contribution in [0.4, 0.5) is 13.2 Å². The van der Waals surface area contributed by atoms with Gasteiger partial charge in [-0.15, -0.1) is 0 Å². The molecule has 4 nitrogen and oxygen atoms in total. The Morgan fingerprint density at radius 2 is 1.46 bits per heavy atom. The maximum Gasteiger partial charge on any atom is 0.490 e. The van der Waals surface area contributed by atoms with E-state index in [2.05, 4.69) is 13.8 Å². The molecule has 0 heterocycles. The van der Waals surface area contributed by atoms with Crippen molar-refractivity contribution in [3.05, 3.63) is 0 Å². The van der Waals surface area contributed by atoms with Gasteiger partial charge < -0.3 is 9.84 Å². The number of rotatable bonds is 8. The lowest BCUT2D eigenvalue weighted by Crippen LogP contribution is -2.28. The Morgan fingerprint density at radius 3 is 1.79 bits per heavy atom. The summed E-state index contributed by atoms with van der Waals surface area (Å²) in [7, 11) is 0. The number of alkyl halides is 3. The van der Waals surface area contributed by atoms with E-state index in [1.807, 2.05) is 20.8 Å². The molecular weight excluding hydrogens is 325 g/mol. The molecule has 0 rings (SSSR count). The number of halogens is 3. The van der Waals surface area contributed by atoms with E-state index in [0.29, 0.717) is 0 Å². The molecule has 0 radical (unpaired) electrons. The van der Waals surface area contributed by atoms with Crippen molar-refractivity contribution in [2.45, 2.75) is 91.3 Å². The number of hydrogen-bond donors (Lipinski definition) is 1.